The van der Waals surface area contributed by atoms with Crippen molar-refractivity contribution in [1.29, 1.82) is 0 Å². The summed E-state index contributed by atoms with van der Waals surface area (Å²) < 4.78 is 32.2. The Morgan fingerprint density at radius 3 is 3.00 bits per heavy atom. The smallest absolute Gasteiger partial charge is 0.245 e. The molecule has 27 heavy (non-hydrogen) atoms. The van der Waals surface area contributed by atoms with Crippen LogP contribution in [0.3, 0.4) is 0 Å². The summed E-state index contributed by atoms with van der Waals surface area (Å²) >= 11 is 1.35. The quantitative estimate of drug-likeness (QED) is 0.703. The number of sulfonamides is 1. The van der Waals surface area contributed by atoms with E-state index in [1.54, 1.807) is 12.1 Å². The standard InChI is InChI=1S/C16H17N5O4S2/c1-10-9-26-16(17-10)18-15(22)11-4-3-7-21(8-11)27(23,24)13-6-2-5-12-14(13)20-25-19-12/h2,5-6,9,11H,3-4,7-8H2,1H3,(H,17,18,22)/t11-/m1/s1. The number of rotatable bonds is 4. The molecule has 1 aliphatic rings. The maximum absolute atomic E-state index is 13.1. The fourth-order valence-electron chi connectivity index (χ4n) is 3.12. The Balaban J connectivity index is 1.55. The number of nitrogens with zero attached hydrogens (tertiary/aromatic N) is 4. The highest BCUT2D eigenvalue weighted by Gasteiger charge is 2.35. The lowest BCUT2D eigenvalue weighted by atomic mass is 9.99. The summed E-state index contributed by atoms with van der Waals surface area (Å²) in [6, 6.07) is 4.70. The van der Waals surface area contributed by atoms with Crippen LogP contribution in [0.4, 0.5) is 5.13 Å². The summed E-state index contributed by atoms with van der Waals surface area (Å²) in [5.74, 6) is -0.655. The van der Waals surface area contributed by atoms with Crippen molar-refractivity contribution < 1.29 is 17.8 Å². The number of fused-ring (bicyclic) bond motifs is 1. The van der Waals surface area contributed by atoms with Crippen LogP contribution in [-0.2, 0) is 14.8 Å². The molecular formula is C16H17N5O4S2. The molecule has 142 valence electrons. The molecule has 1 saturated heterocycles. The SMILES string of the molecule is Cc1csc(NC(=O)[C@@H]2CCCN(S(=O)(=O)c3cccc4nonc34)C2)n1. The molecule has 3 aromatic rings. The molecule has 0 spiro atoms. The van der Waals surface area contributed by atoms with Crippen LogP contribution in [0.15, 0.2) is 33.1 Å². The van der Waals surface area contributed by atoms with Crippen molar-refractivity contribution in [3.05, 3.63) is 29.3 Å². The first kappa shape index (κ1) is 18.0. The number of aryl methyl sites for hydroxylation is 1. The molecule has 0 unspecified atom stereocenters. The maximum atomic E-state index is 13.1. The second kappa shape index (κ2) is 6.98. The van der Waals surface area contributed by atoms with E-state index in [0.29, 0.717) is 30.0 Å². The van der Waals surface area contributed by atoms with E-state index < -0.39 is 15.9 Å². The molecular weight excluding hydrogens is 390 g/mol. The topological polar surface area (TPSA) is 118 Å². The average Bonchev–Trinajstić information content (AvgIpc) is 3.30. The number of amides is 1. The lowest BCUT2D eigenvalue weighted by molar-refractivity contribution is -0.120. The normalized spacial score (nSPS) is 18.6. The lowest BCUT2D eigenvalue weighted by Gasteiger charge is -2.31. The predicted molar refractivity (Wildman–Crippen MR) is 98.8 cm³/mol. The van der Waals surface area contributed by atoms with Gasteiger partial charge in [0, 0.05) is 18.5 Å². The average molecular weight is 407 g/mol. The van der Waals surface area contributed by atoms with Gasteiger partial charge in [-0.1, -0.05) is 6.07 Å². The van der Waals surface area contributed by atoms with Gasteiger partial charge in [0.2, 0.25) is 15.9 Å². The van der Waals surface area contributed by atoms with Crippen LogP contribution in [0, 0.1) is 12.8 Å². The molecule has 1 aliphatic heterocycles. The maximum Gasteiger partial charge on any atom is 0.245 e. The summed E-state index contributed by atoms with van der Waals surface area (Å²) in [5, 5.41) is 12.6. The third kappa shape index (κ3) is 3.45. The Bertz CT molecular complexity index is 1090. The first-order valence-corrected chi connectivity index (χ1v) is 10.7. The Labute approximate surface area is 159 Å². The van der Waals surface area contributed by atoms with Crippen molar-refractivity contribution in [1.82, 2.24) is 19.6 Å². The summed E-state index contributed by atoms with van der Waals surface area (Å²) in [7, 11) is -3.82. The third-order valence-electron chi connectivity index (χ3n) is 4.47. The molecule has 4 rings (SSSR count). The largest absolute Gasteiger partial charge is 0.302 e. The Kier molecular flexibility index (Phi) is 4.66. The second-order valence-corrected chi connectivity index (χ2v) is 9.14. The Hall–Kier alpha value is -2.37. The highest BCUT2D eigenvalue weighted by atomic mass is 32.2. The number of hydrogen-bond donors (Lipinski definition) is 1. The van der Waals surface area contributed by atoms with Gasteiger partial charge in [-0.15, -0.1) is 11.3 Å². The zero-order chi connectivity index (χ0) is 19.0. The monoisotopic (exact) mass is 407 g/mol. The van der Waals surface area contributed by atoms with Crippen LogP contribution < -0.4 is 5.32 Å². The van der Waals surface area contributed by atoms with E-state index in [4.69, 9.17) is 0 Å². The lowest BCUT2D eigenvalue weighted by Crippen LogP contribution is -2.43. The van der Waals surface area contributed by atoms with E-state index in [-0.39, 0.29) is 22.9 Å². The van der Waals surface area contributed by atoms with Gasteiger partial charge in [0.05, 0.1) is 11.6 Å². The molecule has 0 bridgehead atoms. The number of benzene rings is 1. The van der Waals surface area contributed by atoms with E-state index in [1.165, 1.54) is 21.7 Å². The van der Waals surface area contributed by atoms with E-state index in [9.17, 15) is 13.2 Å². The van der Waals surface area contributed by atoms with Gasteiger partial charge in [-0.2, -0.15) is 4.31 Å². The fraction of sp³-hybridized carbons (Fsp3) is 0.375. The van der Waals surface area contributed by atoms with Crippen LogP contribution in [-0.4, -0.2) is 47.0 Å². The molecule has 0 aliphatic carbocycles. The number of thiazole rings is 1. The van der Waals surface area contributed by atoms with Gasteiger partial charge in [0.1, 0.15) is 10.4 Å². The molecule has 1 amide bonds. The first-order valence-electron chi connectivity index (χ1n) is 8.39. The molecule has 1 atom stereocenters. The van der Waals surface area contributed by atoms with Crippen LogP contribution in [0.1, 0.15) is 18.5 Å². The second-order valence-electron chi connectivity index (χ2n) is 6.37. The van der Waals surface area contributed by atoms with Crippen LogP contribution >= 0.6 is 11.3 Å². The molecule has 2 aromatic heterocycles. The molecule has 9 nitrogen and oxygen atoms in total. The van der Waals surface area contributed by atoms with Crippen LogP contribution in [0.25, 0.3) is 11.0 Å². The van der Waals surface area contributed by atoms with Gasteiger partial charge in [-0.3, -0.25) is 4.79 Å². The third-order valence-corrected chi connectivity index (χ3v) is 7.24. The minimum atomic E-state index is -3.82. The number of anilines is 1. The van der Waals surface area contributed by atoms with Crippen molar-refractivity contribution in [3.8, 4) is 0 Å². The highest BCUT2D eigenvalue weighted by Crippen LogP contribution is 2.28. The summed E-state index contributed by atoms with van der Waals surface area (Å²) in [4.78, 5) is 16.8. The van der Waals surface area contributed by atoms with Gasteiger partial charge < -0.3 is 5.32 Å². The Morgan fingerprint density at radius 1 is 1.37 bits per heavy atom. The van der Waals surface area contributed by atoms with Crippen molar-refractivity contribution in [2.45, 2.75) is 24.7 Å². The predicted octanol–water partition coefficient (Wildman–Crippen LogP) is 2.03. The zero-order valence-corrected chi connectivity index (χ0v) is 16.1. The molecule has 1 aromatic carbocycles. The van der Waals surface area contributed by atoms with E-state index in [0.717, 1.165) is 5.69 Å². The van der Waals surface area contributed by atoms with Gasteiger partial charge in [0.15, 0.2) is 10.6 Å². The molecule has 11 heteroatoms. The van der Waals surface area contributed by atoms with Crippen molar-refractivity contribution in [2.75, 3.05) is 18.4 Å². The number of carbonyl (C=O) groups excluding carboxylic acids is 1. The number of aromatic nitrogens is 3. The van der Waals surface area contributed by atoms with E-state index >= 15 is 0 Å². The minimum Gasteiger partial charge on any atom is -0.302 e. The van der Waals surface area contributed by atoms with Gasteiger partial charge >= 0.3 is 0 Å². The van der Waals surface area contributed by atoms with Gasteiger partial charge in [-0.25, -0.2) is 18.0 Å². The number of piperidine rings is 1. The van der Waals surface area contributed by atoms with E-state index in [2.05, 4.69) is 25.2 Å². The van der Waals surface area contributed by atoms with Crippen molar-refractivity contribution >= 4 is 43.4 Å². The number of carbonyl (C=O) groups is 1. The van der Waals surface area contributed by atoms with Crippen molar-refractivity contribution in [2.24, 2.45) is 5.92 Å². The van der Waals surface area contributed by atoms with Gasteiger partial charge in [0.25, 0.3) is 0 Å². The molecule has 1 fully saturated rings. The van der Waals surface area contributed by atoms with Gasteiger partial charge in [-0.05, 0) is 42.2 Å². The zero-order valence-electron chi connectivity index (χ0n) is 14.5. The summed E-state index contributed by atoms with van der Waals surface area (Å²) in [6.07, 6.45) is 1.22. The number of hydrogen-bond acceptors (Lipinski definition) is 8. The summed E-state index contributed by atoms with van der Waals surface area (Å²) in [5.41, 5.74) is 1.40. The van der Waals surface area contributed by atoms with Crippen LogP contribution in [0.5, 0.6) is 0 Å². The molecule has 0 radical (unpaired) electrons. The fourth-order valence-corrected chi connectivity index (χ4v) is 5.47. The minimum absolute atomic E-state index is 0.0397. The molecule has 3 heterocycles. The first-order chi connectivity index (χ1) is 12.9. The highest BCUT2D eigenvalue weighted by molar-refractivity contribution is 7.89. The van der Waals surface area contributed by atoms with E-state index in [1.807, 2.05) is 12.3 Å². The number of nitrogens with one attached hydrogen (secondary N) is 1. The van der Waals surface area contributed by atoms with Crippen LogP contribution in [0.2, 0.25) is 0 Å². The summed E-state index contributed by atoms with van der Waals surface area (Å²) in [6.45, 7) is 2.31. The molecule has 0 saturated carbocycles. The Morgan fingerprint density at radius 2 is 2.22 bits per heavy atom. The molecule has 1 N–H and O–H groups in total. The van der Waals surface area contributed by atoms with Crippen molar-refractivity contribution in [3.63, 3.8) is 0 Å².